The minimum Gasteiger partial charge on any atom is -0.364 e. The van der Waals surface area contributed by atoms with Crippen LogP contribution in [0, 0.1) is 0 Å². The Labute approximate surface area is 102 Å². The summed E-state index contributed by atoms with van der Waals surface area (Å²) in [6.45, 7) is 0. The number of rotatable bonds is 2. The van der Waals surface area contributed by atoms with Gasteiger partial charge in [-0.15, -0.1) is 5.10 Å². The number of aromatic nitrogens is 4. The number of hydrogen-bond acceptors (Lipinski definition) is 4. The fourth-order valence-corrected chi connectivity index (χ4v) is 1.79. The lowest BCUT2D eigenvalue weighted by molar-refractivity contribution is 0.0997. The molecule has 1 amide bonds. The van der Waals surface area contributed by atoms with Gasteiger partial charge in [-0.2, -0.15) is 0 Å². The minimum absolute atomic E-state index is 0.134. The molecule has 3 rings (SSSR count). The van der Waals surface area contributed by atoms with Crippen molar-refractivity contribution in [1.82, 2.24) is 20.0 Å². The molecule has 0 saturated heterocycles. The summed E-state index contributed by atoms with van der Waals surface area (Å²) in [6, 6.07) is 11.3. The summed E-state index contributed by atoms with van der Waals surface area (Å²) in [5.41, 5.74) is 7.36. The Balaban J connectivity index is 2.28. The van der Waals surface area contributed by atoms with Gasteiger partial charge in [0.05, 0.1) is 11.2 Å². The van der Waals surface area contributed by atoms with Crippen molar-refractivity contribution in [3.8, 4) is 5.69 Å². The highest BCUT2D eigenvalue weighted by Crippen LogP contribution is 2.17. The van der Waals surface area contributed by atoms with Gasteiger partial charge < -0.3 is 5.73 Å². The summed E-state index contributed by atoms with van der Waals surface area (Å²) >= 11 is 0. The molecule has 6 nitrogen and oxygen atoms in total. The lowest BCUT2D eigenvalue weighted by Crippen LogP contribution is -2.13. The number of carbonyl (C=O) groups is 1. The zero-order valence-corrected chi connectivity index (χ0v) is 9.32. The Morgan fingerprint density at radius 2 is 1.94 bits per heavy atom. The summed E-state index contributed by atoms with van der Waals surface area (Å²) in [7, 11) is 0. The van der Waals surface area contributed by atoms with E-state index in [-0.39, 0.29) is 5.69 Å². The first-order valence-corrected chi connectivity index (χ1v) is 5.33. The Morgan fingerprint density at radius 1 is 1.17 bits per heavy atom. The van der Waals surface area contributed by atoms with Gasteiger partial charge in [-0.05, 0) is 18.2 Å². The van der Waals surface area contributed by atoms with Crippen LogP contribution in [0.15, 0.2) is 42.6 Å². The molecule has 0 fully saturated rings. The molecule has 0 aliphatic carbocycles. The van der Waals surface area contributed by atoms with Crippen LogP contribution in [-0.4, -0.2) is 25.9 Å². The number of nitrogens with two attached hydrogens (primary N) is 1. The van der Waals surface area contributed by atoms with Crippen LogP contribution in [0.4, 0.5) is 0 Å². The van der Waals surface area contributed by atoms with Gasteiger partial charge in [-0.25, -0.2) is 9.67 Å². The van der Waals surface area contributed by atoms with Crippen molar-refractivity contribution in [2.45, 2.75) is 0 Å². The van der Waals surface area contributed by atoms with E-state index in [4.69, 9.17) is 5.73 Å². The second-order valence-corrected chi connectivity index (χ2v) is 3.73. The Bertz CT molecular complexity index is 720. The van der Waals surface area contributed by atoms with E-state index >= 15 is 0 Å². The largest absolute Gasteiger partial charge is 0.364 e. The van der Waals surface area contributed by atoms with E-state index in [0.29, 0.717) is 11.0 Å². The maximum absolute atomic E-state index is 11.2. The number of hydrogen-bond donors (Lipinski definition) is 1. The number of primary amides is 1. The van der Waals surface area contributed by atoms with Crippen molar-refractivity contribution in [1.29, 1.82) is 0 Å². The van der Waals surface area contributed by atoms with E-state index in [0.717, 1.165) is 5.69 Å². The fourth-order valence-electron chi connectivity index (χ4n) is 1.79. The molecule has 0 saturated carbocycles. The molecule has 0 bridgehead atoms. The summed E-state index contributed by atoms with van der Waals surface area (Å²) in [5.74, 6) is -0.610. The van der Waals surface area contributed by atoms with Crippen LogP contribution < -0.4 is 5.73 Å². The fraction of sp³-hybridized carbons (Fsp3) is 0. The molecule has 18 heavy (non-hydrogen) atoms. The summed E-state index contributed by atoms with van der Waals surface area (Å²) in [5, 5.41) is 7.99. The third-order valence-electron chi connectivity index (χ3n) is 2.60. The van der Waals surface area contributed by atoms with E-state index in [2.05, 4.69) is 15.3 Å². The van der Waals surface area contributed by atoms with Gasteiger partial charge in [-0.1, -0.05) is 23.4 Å². The second kappa shape index (κ2) is 3.92. The molecule has 0 aliphatic heterocycles. The smallest absolute Gasteiger partial charge is 0.269 e. The Morgan fingerprint density at radius 3 is 2.67 bits per heavy atom. The van der Waals surface area contributed by atoms with Crippen molar-refractivity contribution >= 4 is 16.9 Å². The molecule has 0 unspecified atom stereocenters. The highest BCUT2D eigenvalue weighted by atomic mass is 16.1. The normalized spacial score (nSPS) is 10.7. The van der Waals surface area contributed by atoms with Crippen LogP contribution in [0.5, 0.6) is 0 Å². The number of nitrogens with zero attached hydrogens (tertiary/aromatic N) is 4. The van der Waals surface area contributed by atoms with E-state index < -0.39 is 5.91 Å². The van der Waals surface area contributed by atoms with E-state index in [9.17, 15) is 4.79 Å². The molecule has 2 N–H and O–H groups in total. The highest BCUT2D eigenvalue weighted by molar-refractivity contribution is 6.01. The number of para-hydroxylation sites is 1. The van der Waals surface area contributed by atoms with Crippen molar-refractivity contribution in [3.63, 3.8) is 0 Å². The van der Waals surface area contributed by atoms with Crippen LogP contribution in [0.3, 0.4) is 0 Å². The van der Waals surface area contributed by atoms with E-state index in [1.165, 1.54) is 6.20 Å². The molecule has 6 heteroatoms. The number of pyridine rings is 1. The predicted molar refractivity (Wildman–Crippen MR) is 65.2 cm³/mol. The Kier molecular flexibility index (Phi) is 2.26. The molecule has 0 spiro atoms. The molecule has 2 aromatic heterocycles. The molecular weight excluding hydrogens is 230 g/mol. The third-order valence-corrected chi connectivity index (χ3v) is 2.60. The summed E-state index contributed by atoms with van der Waals surface area (Å²) < 4.78 is 1.64. The van der Waals surface area contributed by atoms with Crippen LogP contribution in [0.25, 0.3) is 16.7 Å². The SMILES string of the molecule is NC(=O)c1nccc2c1nnn2-c1ccccc1. The molecule has 0 radical (unpaired) electrons. The zero-order valence-electron chi connectivity index (χ0n) is 9.32. The Hall–Kier alpha value is -2.76. The monoisotopic (exact) mass is 239 g/mol. The molecule has 0 aliphatic rings. The van der Waals surface area contributed by atoms with Gasteiger partial charge in [0.1, 0.15) is 5.52 Å². The number of benzene rings is 1. The molecule has 1 aromatic carbocycles. The molecule has 88 valence electrons. The maximum Gasteiger partial charge on any atom is 0.269 e. The van der Waals surface area contributed by atoms with Crippen LogP contribution in [0.1, 0.15) is 10.5 Å². The lowest BCUT2D eigenvalue weighted by atomic mass is 10.2. The lowest BCUT2D eigenvalue weighted by Gasteiger charge is -2.01. The van der Waals surface area contributed by atoms with Crippen LogP contribution >= 0.6 is 0 Å². The molecule has 3 aromatic rings. The average molecular weight is 239 g/mol. The van der Waals surface area contributed by atoms with Gasteiger partial charge in [0.2, 0.25) is 0 Å². The topological polar surface area (TPSA) is 86.7 Å². The summed E-state index contributed by atoms with van der Waals surface area (Å²) in [6.07, 6.45) is 1.52. The van der Waals surface area contributed by atoms with Crippen molar-refractivity contribution in [3.05, 3.63) is 48.3 Å². The van der Waals surface area contributed by atoms with Gasteiger partial charge >= 0.3 is 0 Å². The minimum atomic E-state index is -0.610. The first-order valence-electron chi connectivity index (χ1n) is 5.33. The first kappa shape index (κ1) is 10.4. The molecular formula is C12H9N5O. The number of fused-ring (bicyclic) bond motifs is 1. The maximum atomic E-state index is 11.2. The predicted octanol–water partition coefficient (Wildman–Crippen LogP) is 0.914. The van der Waals surface area contributed by atoms with Gasteiger partial charge in [0.25, 0.3) is 5.91 Å². The number of carbonyl (C=O) groups excluding carboxylic acids is 1. The molecule has 0 atom stereocenters. The van der Waals surface area contributed by atoms with Gasteiger partial charge in [0, 0.05) is 6.20 Å². The third kappa shape index (κ3) is 1.51. The quantitative estimate of drug-likeness (QED) is 0.720. The van der Waals surface area contributed by atoms with Crippen molar-refractivity contribution in [2.75, 3.05) is 0 Å². The highest BCUT2D eigenvalue weighted by Gasteiger charge is 2.14. The van der Waals surface area contributed by atoms with E-state index in [1.807, 2.05) is 30.3 Å². The number of amides is 1. The van der Waals surface area contributed by atoms with Crippen molar-refractivity contribution < 1.29 is 4.79 Å². The van der Waals surface area contributed by atoms with Crippen molar-refractivity contribution in [2.24, 2.45) is 5.73 Å². The summed E-state index contributed by atoms with van der Waals surface area (Å²) in [4.78, 5) is 15.2. The zero-order chi connectivity index (χ0) is 12.5. The standard InChI is InChI=1S/C12H9N5O/c13-12(18)11-10-9(6-7-14-11)17(16-15-10)8-4-2-1-3-5-8/h1-7H,(H2,13,18). The molecule has 2 heterocycles. The first-order chi connectivity index (χ1) is 8.77. The average Bonchev–Trinajstić information content (AvgIpc) is 2.83. The van der Waals surface area contributed by atoms with Gasteiger partial charge in [0.15, 0.2) is 5.69 Å². The van der Waals surface area contributed by atoms with Crippen LogP contribution in [-0.2, 0) is 0 Å². The van der Waals surface area contributed by atoms with Crippen LogP contribution in [0.2, 0.25) is 0 Å². The van der Waals surface area contributed by atoms with E-state index in [1.54, 1.807) is 10.7 Å². The van der Waals surface area contributed by atoms with Gasteiger partial charge in [-0.3, -0.25) is 4.79 Å². The second-order valence-electron chi connectivity index (χ2n) is 3.73.